The van der Waals surface area contributed by atoms with E-state index in [2.05, 4.69) is 0 Å². The first-order valence-corrected chi connectivity index (χ1v) is 6.64. The summed E-state index contributed by atoms with van der Waals surface area (Å²) in [6.45, 7) is 4.14. The average Bonchev–Trinajstić information content (AvgIpc) is 2.37. The Balaban J connectivity index is 2.32. The number of benzene rings is 1. The Hall–Kier alpha value is -1.84. The van der Waals surface area contributed by atoms with Crippen LogP contribution in [0.3, 0.4) is 0 Å². The first kappa shape index (κ1) is 13.6. The van der Waals surface area contributed by atoms with E-state index >= 15 is 0 Å². The average molecular weight is 261 g/mol. The number of nitrogens with zero attached hydrogens (tertiary/aromatic N) is 1. The number of rotatable bonds is 3. The summed E-state index contributed by atoms with van der Waals surface area (Å²) in [5, 5.41) is 9.25. The molecule has 0 fully saturated rings. The maximum absolute atomic E-state index is 12.5. The van der Waals surface area contributed by atoms with Crippen LogP contribution in [0.5, 0.6) is 0 Å². The molecule has 1 aliphatic heterocycles. The van der Waals surface area contributed by atoms with Crippen LogP contribution in [0, 0.1) is 11.8 Å². The van der Waals surface area contributed by atoms with Crippen LogP contribution in [0.4, 0.5) is 5.69 Å². The van der Waals surface area contributed by atoms with Crippen molar-refractivity contribution in [2.75, 3.05) is 11.4 Å². The summed E-state index contributed by atoms with van der Waals surface area (Å²) < 4.78 is 0. The second-order valence-corrected chi connectivity index (χ2v) is 5.28. The number of carbonyl (C=O) groups is 2. The first-order valence-electron chi connectivity index (χ1n) is 6.64. The van der Waals surface area contributed by atoms with Crippen molar-refractivity contribution in [2.45, 2.75) is 26.7 Å². The Morgan fingerprint density at radius 2 is 1.95 bits per heavy atom. The van der Waals surface area contributed by atoms with Crippen molar-refractivity contribution in [3.05, 3.63) is 29.8 Å². The lowest BCUT2D eigenvalue weighted by molar-refractivity contribution is -0.148. The van der Waals surface area contributed by atoms with Gasteiger partial charge >= 0.3 is 5.97 Å². The fourth-order valence-electron chi connectivity index (χ4n) is 2.61. The molecule has 1 unspecified atom stereocenters. The quantitative estimate of drug-likeness (QED) is 0.849. The van der Waals surface area contributed by atoms with Gasteiger partial charge in [-0.05, 0) is 30.4 Å². The molecule has 0 radical (unpaired) electrons. The molecule has 4 nitrogen and oxygen atoms in total. The summed E-state index contributed by atoms with van der Waals surface area (Å²) in [5.74, 6) is -2.51. The zero-order chi connectivity index (χ0) is 14.0. The van der Waals surface area contributed by atoms with Gasteiger partial charge in [0.1, 0.15) is 5.92 Å². The topological polar surface area (TPSA) is 57.6 Å². The smallest absolute Gasteiger partial charge is 0.316 e. The molecule has 0 bridgehead atoms. The largest absolute Gasteiger partial charge is 0.481 e. The lowest BCUT2D eigenvalue weighted by Crippen LogP contribution is -2.44. The minimum Gasteiger partial charge on any atom is -0.481 e. The molecule has 1 atom stereocenters. The Bertz CT molecular complexity index is 496. The molecular formula is C15H19NO3. The number of aliphatic carboxylic acids is 1. The molecule has 19 heavy (non-hydrogen) atoms. The van der Waals surface area contributed by atoms with E-state index in [4.69, 9.17) is 0 Å². The fraction of sp³-hybridized carbons (Fsp3) is 0.467. The summed E-state index contributed by atoms with van der Waals surface area (Å²) in [4.78, 5) is 25.4. The van der Waals surface area contributed by atoms with E-state index < -0.39 is 11.9 Å². The van der Waals surface area contributed by atoms with Gasteiger partial charge in [0.15, 0.2) is 0 Å². The number of carboxylic acid groups (broad SMARTS) is 1. The molecule has 1 heterocycles. The zero-order valence-electron chi connectivity index (χ0n) is 11.3. The van der Waals surface area contributed by atoms with Crippen LogP contribution in [-0.4, -0.2) is 23.5 Å². The van der Waals surface area contributed by atoms with Gasteiger partial charge in [-0.15, -0.1) is 0 Å². The number of fused-ring (bicyclic) bond motifs is 1. The molecule has 0 aliphatic carbocycles. The maximum atomic E-state index is 12.5. The summed E-state index contributed by atoms with van der Waals surface area (Å²) in [6, 6.07) is 7.73. The van der Waals surface area contributed by atoms with Gasteiger partial charge in [0.05, 0.1) is 0 Å². The third-order valence-electron chi connectivity index (χ3n) is 3.58. The molecule has 0 spiro atoms. The van der Waals surface area contributed by atoms with Gasteiger partial charge < -0.3 is 10.0 Å². The molecule has 1 aliphatic rings. The number of carbonyl (C=O) groups excluding carboxylic acids is 1. The van der Waals surface area contributed by atoms with E-state index in [9.17, 15) is 14.7 Å². The van der Waals surface area contributed by atoms with Gasteiger partial charge in [-0.1, -0.05) is 32.0 Å². The van der Waals surface area contributed by atoms with Crippen LogP contribution in [-0.2, 0) is 16.0 Å². The number of amides is 1. The monoisotopic (exact) mass is 261 g/mol. The van der Waals surface area contributed by atoms with Gasteiger partial charge in [0.25, 0.3) is 0 Å². The molecule has 0 saturated heterocycles. The Kier molecular flexibility index (Phi) is 3.88. The number of hydrogen-bond donors (Lipinski definition) is 1. The Morgan fingerprint density at radius 3 is 2.58 bits per heavy atom. The number of hydrogen-bond acceptors (Lipinski definition) is 2. The highest BCUT2D eigenvalue weighted by Crippen LogP contribution is 2.29. The van der Waals surface area contributed by atoms with Crippen LogP contribution >= 0.6 is 0 Å². The molecule has 102 valence electrons. The van der Waals surface area contributed by atoms with Crippen molar-refractivity contribution in [1.29, 1.82) is 0 Å². The highest BCUT2D eigenvalue weighted by Gasteiger charge is 2.35. The summed E-state index contributed by atoms with van der Waals surface area (Å²) >= 11 is 0. The highest BCUT2D eigenvalue weighted by atomic mass is 16.4. The van der Waals surface area contributed by atoms with Crippen LogP contribution < -0.4 is 4.90 Å². The molecular weight excluding hydrogens is 242 g/mol. The third kappa shape index (κ3) is 2.62. The van der Waals surface area contributed by atoms with Gasteiger partial charge in [-0.25, -0.2) is 0 Å². The molecule has 0 saturated carbocycles. The predicted octanol–water partition coefficient (Wildman–Crippen LogP) is 2.32. The molecule has 1 N–H and O–H groups in total. The van der Waals surface area contributed by atoms with Crippen molar-refractivity contribution in [1.82, 2.24) is 0 Å². The van der Waals surface area contributed by atoms with E-state index in [0.29, 0.717) is 6.54 Å². The molecule has 1 aromatic carbocycles. The summed E-state index contributed by atoms with van der Waals surface area (Å²) in [5.41, 5.74) is 1.99. The van der Waals surface area contributed by atoms with Gasteiger partial charge in [-0.3, -0.25) is 9.59 Å². The molecule has 1 amide bonds. The Labute approximate surface area is 113 Å². The predicted molar refractivity (Wildman–Crippen MR) is 73.1 cm³/mol. The van der Waals surface area contributed by atoms with E-state index in [1.54, 1.807) is 18.7 Å². The number of carboxylic acids is 1. The normalized spacial score (nSPS) is 16.1. The number of anilines is 1. The SMILES string of the molecule is CC(C)C(C(=O)O)C(=O)N1CCCc2ccccc21. The third-order valence-corrected chi connectivity index (χ3v) is 3.58. The minimum atomic E-state index is -1.04. The van der Waals surface area contributed by atoms with Crippen LogP contribution in [0.1, 0.15) is 25.8 Å². The maximum Gasteiger partial charge on any atom is 0.316 e. The van der Waals surface area contributed by atoms with Crippen molar-refractivity contribution in [3.8, 4) is 0 Å². The van der Waals surface area contributed by atoms with Crippen molar-refractivity contribution in [2.24, 2.45) is 11.8 Å². The van der Waals surface area contributed by atoms with Crippen molar-refractivity contribution < 1.29 is 14.7 Å². The highest BCUT2D eigenvalue weighted by molar-refractivity contribution is 6.06. The van der Waals surface area contributed by atoms with E-state index in [1.165, 1.54) is 0 Å². The second-order valence-electron chi connectivity index (χ2n) is 5.28. The van der Waals surface area contributed by atoms with Crippen LogP contribution in [0.25, 0.3) is 0 Å². The first-order chi connectivity index (χ1) is 9.02. The van der Waals surface area contributed by atoms with E-state index in [0.717, 1.165) is 24.1 Å². The van der Waals surface area contributed by atoms with Crippen molar-refractivity contribution in [3.63, 3.8) is 0 Å². The summed E-state index contributed by atoms with van der Waals surface area (Å²) in [6.07, 6.45) is 1.83. The van der Waals surface area contributed by atoms with Crippen molar-refractivity contribution >= 4 is 17.6 Å². The van der Waals surface area contributed by atoms with Gasteiger partial charge in [0, 0.05) is 12.2 Å². The second kappa shape index (κ2) is 5.43. The fourth-order valence-corrected chi connectivity index (χ4v) is 2.61. The van der Waals surface area contributed by atoms with E-state index in [1.807, 2.05) is 24.3 Å². The van der Waals surface area contributed by atoms with Gasteiger partial charge in [0.2, 0.25) is 5.91 Å². The van der Waals surface area contributed by atoms with Gasteiger partial charge in [-0.2, -0.15) is 0 Å². The van der Waals surface area contributed by atoms with Crippen LogP contribution in [0.15, 0.2) is 24.3 Å². The minimum absolute atomic E-state index is 0.209. The molecule has 4 heteroatoms. The number of para-hydroxylation sites is 1. The zero-order valence-corrected chi connectivity index (χ0v) is 11.3. The van der Waals surface area contributed by atoms with E-state index in [-0.39, 0.29) is 11.8 Å². The van der Waals surface area contributed by atoms with Crippen LogP contribution in [0.2, 0.25) is 0 Å². The molecule has 1 aromatic rings. The molecule has 2 rings (SSSR count). The Morgan fingerprint density at radius 1 is 1.26 bits per heavy atom. The lowest BCUT2D eigenvalue weighted by Gasteiger charge is -2.32. The molecule has 0 aromatic heterocycles. The standard InChI is InChI=1S/C15H19NO3/c1-10(2)13(15(18)19)14(17)16-9-5-7-11-6-3-4-8-12(11)16/h3-4,6,8,10,13H,5,7,9H2,1-2H3,(H,18,19). The number of aryl methyl sites for hydroxylation is 1. The summed E-state index contributed by atoms with van der Waals surface area (Å²) in [7, 11) is 0. The lowest BCUT2D eigenvalue weighted by atomic mass is 9.92.